The molecule has 0 aliphatic heterocycles. The summed E-state index contributed by atoms with van der Waals surface area (Å²) in [5.41, 5.74) is 2.22. The molecule has 0 saturated carbocycles. The SMILES string of the molecule is FC(F)(F)CCCCNCc1c[nH]c2ccccc12. The predicted molar refractivity (Wildman–Crippen MR) is 69.9 cm³/mol. The van der Waals surface area contributed by atoms with Crippen molar-refractivity contribution < 1.29 is 13.2 Å². The van der Waals surface area contributed by atoms with Crippen LogP contribution in [0.25, 0.3) is 10.9 Å². The molecule has 2 N–H and O–H groups in total. The van der Waals surface area contributed by atoms with E-state index in [9.17, 15) is 13.2 Å². The van der Waals surface area contributed by atoms with Crippen LogP contribution in [-0.4, -0.2) is 17.7 Å². The molecule has 104 valence electrons. The third kappa shape index (κ3) is 4.28. The highest BCUT2D eigenvalue weighted by atomic mass is 19.4. The molecule has 0 saturated heterocycles. The van der Waals surface area contributed by atoms with Gasteiger partial charge < -0.3 is 10.3 Å². The van der Waals surface area contributed by atoms with Gasteiger partial charge in [0.25, 0.3) is 0 Å². The first kappa shape index (κ1) is 13.9. The van der Waals surface area contributed by atoms with Gasteiger partial charge >= 0.3 is 6.18 Å². The highest BCUT2D eigenvalue weighted by Crippen LogP contribution is 2.22. The van der Waals surface area contributed by atoms with Gasteiger partial charge in [0.1, 0.15) is 0 Å². The monoisotopic (exact) mass is 270 g/mol. The van der Waals surface area contributed by atoms with Gasteiger partial charge in [-0.1, -0.05) is 18.2 Å². The Labute approximate surface area is 110 Å². The lowest BCUT2D eigenvalue weighted by Crippen LogP contribution is -2.15. The highest BCUT2D eigenvalue weighted by Gasteiger charge is 2.25. The van der Waals surface area contributed by atoms with Gasteiger partial charge in [0.15, 0.2) is 0 Å². The Morgan fingerprint density at radius 3 is 2.68 bits per heavy atom. The van der Waals surface area contributed by atoms with Crippen molar-refractivity contribution in [3.63, 3.8) is 0 Å². The van der Waals surface area contributed by atoms with Crippen LogP contribution in [0.1, 0.15) is 24.8 Å². The van der Waals surface area contributed by atoms with Crippen molar-refractivity contribution in [1.29, 1.82) is 0 Å². The number of aromatic amines is 1. The molecular formula is C14H17F3N2. The van der Waals surface area contributed by atoms with Crippen LogP contribution in [0.15, 0.2) is 30.5 Å². The van der Waals surface area contributed by atoms with Crippen LogP contribution in [-0.2, 0) is 6.54 Å². The predicted octanol–water partition coefficient (Wildman–Crippen LogP) is 3.99. The summed E-state index contributed by atoms with van der Waals surface area (Å²) in [5.74, 6) is 0. The average molecular weight is 270 g/mol. The number of rotatable bonds is 6. The quantitative estimate of drug-likeness (QED) is 0.763. The highest BCUT2D eigenvalue weighted by molar-refractivity contribution is 5.82. The lowest BCUT2D eigenvalue weighted by Gasteiger charge is -2.06. The van der Waals surface area contributed by atoms with Gasteiger partial charge in [0.05, 0.1) is 0 Å². The van der Waals surface area contributed by atoms with Gasteiger partial charge in [-0.25, -0.2) is 0 Å². The molecule has 0 unspecified atom stereocenters. The van der Waals surface area contributed by atoms with Crippen LogP contribution in [0, 0.1) is 0 Å². The van der Waals surface area contributed by atoms with Crippen molar-refractivity contribution in [2.24, 2.45) is 0 Å². The number of hydrogen-bond acceptors (Lipinski definition) is 1. The number of benzene rings is 1. The smallest absolute Gasteiger partial charge is 0.361 e. The molecule has 1 aromatic heterocycles. The average Bonchev–Trinajstić information content (AvgIpc) is 2.76. The number of halogens is 3. The van der Waals surface area contributed by atoms with Crippen molar-refractivity contribution >= 4 is 10.9 Å². The van der Waals surface area contributed by atoms with Crippen LogP contribution in [0.5, 0.6) is 0 Å². The van der Waals surface area contributed by atoms with Gasteiger partial charge in [0, 0.05) is 30.1 Å². The van der Waals surface area contributed by atoms with E-state index in [1.54, 1.807) is 0 Å². The zero-order valence-corrected chi connectivity index (χ0v) is 10.6. The van der Waals surface area contributed by atoms with E-state index in [1.165, 1.54) is 0 Å². The fraction of sp³-hybridized carbons (Fsp3) is 0.429. The maximum Gasteiger partial charge on any atom is 0.389 e. The van der Waals surface area contributed by atoms with Crippen LogP contribution in [0.4, 0.5) is 13.2 Å². The summed E-state index contributed by atoms with van der Waals surface area (Å²) in [6, 6.07) is 7.98. The van der Waals surface area contributed by atoms with E-state index in [2.05, 4.69) is 10.3 Å². The number of fused-ring (bicyclic) bond motifs is 1. The summed E-state index contributed by atoms with van der Waals surface area (Å²) in [5, 5.41) is 4.34. The van der Waals surface area contributed by atoms with Crippen LogP contribution in [0.3, 0.4) is 0 Å². The zero-order valence-electron chi connectivity index (χ0n) is 10.6. The van der Waals surface area contributed by atoms with Gasteiger partial charge in [-0.05, 0) is 31.0 Å². The Morgan fingerprint density at radius 1 is 1.11 bits per heavy atom. The zero-order chi connectivity index (χ0) is 13.7. The Morgan fingerprint density at radius 2 is 1.89 bits per heavy atom. The fourth-order valence-corrected chi connectivity index (χ4v) is 2.08. The lowest BCUT2D eigenvalue weighted by atomic mass is 10.1. The molecule has 0 amide bonds. The molecule has 1 aromatic carbocycles. The molecule has 0 radical (unpaired) electrons. The molecule has 0 atom stereocenters. The molecule has 0 aliphatic rings. The minimum Gasteiger partial charge on any atom is -0.361 e. The van der Waals surface area contributed by atoms with E-state index in [-0.39, 0.29) is 6.42 Å². The first-order chi connectivity index (χ1) is 9.06. The summed E-state index contributed by atoms with van der Waals surface area (Å²) in [7, 11) is 0. The summed E-state index contributed by atoms with van der Waals surface area (Å²) in [4.78, 5) is 3.17. The fourth-order valence-electron chi connectivity index (χ4n) is 2.08. The molecule has 0 aliphatic carbocycles. The molecule has 0 spiro atoms. The Hall–Kier alpha value is -1.49. The van der Waals surface area contributed by atoms with Crippen LogP contribution >= 0.6 is 0 Å². The minimum atomic E-state index is -4.03. The van der Waals surface area contributed by atoms with Gasteiger partial charge in [-0.15, -0.1) is 0 Å². The maximum atomic E-state index is 11.9. The Balaban J connectivity index is 1.71. The van der Waals surface area contributed by atoms with Crippen LogP contribution in [0.2, 0.25) is 0 Å². The summed E-state index contributed by atoms with van der Waals surface area (Å²) in [6.07, 6.45) is -2.06. The Kier molecular flexibility index (Phi) is 4.47. The third-order valence-electron chi connectivity index (χ3n) is 3.05. The van der Waals surface area contributed by atoms with E-state index in [1.807, 2.05) is 30.5 Å². The number of aromatic nitrogens is 1. The normalized spacial score (nSPS) is 12.2. The second kappa shape index (κ2) is 6.10. The van der Waals surface area contributed by atoms with E-state index in [0.29, 0.717) is 19.5 Å². The van der Waals surface area contributed by atoms with Crippen molar-refractivity contribution in [2.75, 3.05) is 6.54 Å². The second-order valence-corrected chi connectivity index (χ2v) is 4.61. The van der Waals surface area contributed by atoms with Gasteiger partial charge in [-0.2, -0.15) is 13.2 Å². The molecule has 2 aromatic rings. The van der Waals surface area contributed by atoms with Crippen molar-refractivity contribution in [3.05, 3.63) is 36.0 Å². The summed E-state index contributed by atoms with van der Waals surface area (Å²) in [6.45, 7) is 1.28. The standard InChI is InChI=1S/C14H17F3N2/c15-14(16,17)7-3-4-8-18-9-11-10-19-13-6-2-1-5-12(11)13/h1-2,5-6,10,18-19H,3-4,7-9H2. The van der Waals surface area contributed by atoms with E-state index < -0.39 is 12.6 Å². The Bertz CT molecular complexity index is 517. The van der Waals surface area contributed by atoms with E-state index in [0.717, 1.165) is 16.5 Å². The molecular weight excluding hydrogens is 253 g/mol. The maximum absolute atomic E-state index is 11.9. The molecule has 0 bridgehead atoms. The molecule has 2 rings (SSSR count). The molecule has 2 nitrogen and oxygen atoms in total. The minimum absolute atomic E-state index is 0.185. The molecule has 5 heteroatoms. The summed E-state index contributed by atoms with van der Waals surface area (Å²) < 4.78 is 35.8. The largest absolute Gasteiger partial charge is 0.389 e. The number of nitrogens with one attached hydrogen (secondary N) is 2. The molecule has 1 heterocycles. The van der Waals surface area contributed by atoms with Crippen molar-refractivity contribution in [3.8, 4) is 0 Å². The number of alkyl halides is 3. The van der Waals surface area contributed by atoms with Crippen molar-refractivity contribution in [1.82, 2.24) is 10.3 Å². The van der Waals surface area contributed by atoms with Crippen molar-refractivity contribution in [2.45, 2.75) is 32.0 Å². The van der Waals surface area contributed by atoms with Gasteiger partial charge in [0.2, 0.25) is 0 Å². The molecule has 19 heavy (non-hydrogen) atoms. The lowest BCUT2D eigenvalue weighted by molar-refractivity contribution is -0.135. The van der Waals surface area contributed by atoms with E-state index in [4.69, 9.17) is 0 Å². The number of unbranched alkanes of at least 4 members (excludes halogenated alkanes) is 1. The first-order valence-corrected chi connectivity index (χ1v) is 6.39. The van der Waals surface area contributed by atoms with E-state index >= 15 is 0 Å². The first-order valence-electron chi connectivity index (χ1n) is 6.39. The third-order valence-corrected chi connectivity index (χ3v) is 3.05. The topological polar surface area (TPSA) is 27.8 Å². The summed E-state index contributed by atoms with van der Waals surface area (Å²) >= 11 is 0. The number of para-hydroxylation sites is 1. The van der Waals surface area contributed by atoms with Crippen LogP contribution < -0.4 is 5.32 Å². The van der Waals surface area contributed by atoms with Gasteiger partial charge in [-0.3, -0.25) is 0 Å². The second-order valence-electron chi connectivity index (χ2n) is 4.61. The molecule has 0 fully saturated rings. The number of hydrogen-bond donors (Lipinski definition) is 2. The number of H-pyrrole nitrogens is 1.